The van der Waals surface area contributed by atoms with Crippen LogP contribution in [0.1, 0.15) is 46.7 Å². The Balaban J connectivity index is 1.58. The van der Waals surface area contributed by atoms with E-state index >= 15 is 0 Å². The van der Waals surface area contributed by atoms with E-state index in [4.69, 9.17) is 4.74 Å². The van der Waals surface area contributed by atoms with Gasteiger partial charge in [0, 0.05) is 37.5 Å². The number of carbonyl (C=O) groups is 3. The number of benzene rings is 1. The smallest absolute Gasteiger partial charge is 0.263 e. The van der Waals surface area contributed by atoms with E-state index in [-0.39, 0.29) is 35.9 Å². The minimum atomic E-state index is -0.989. The van der Waals surface area contributed by atoms with Gasteiger partial charge in [0.1, 0.15) is 17.6 Å². The predicted molar refractivity (Wildman–Crippen MR) is 118 cm³/mol. The molecule has 0 bridgehead atoms. The Bertz CT molecular complexity index is 985. The molecule has 1 spiro atoms. The van der Waals surface area contributed by atoms with E-state index in [0.29, 0.717) is 30.8 Å². The van der Waals surface area contributed by atoms with Crippen LogP contribution in [0.5, 0.6) is 0 Å². The van der Waals surface area contributed by atoms with E-state index in [1.165, 1.54) is 40.5 Å². The lowest BCUT2D eigenvalue weighted by Crippen LogP contribution is -2.60. The summed E-state index contributed by atoms with van der Waals surface area (Å²) in [5, 5.41) is 4.72. The molecule has 4 rings (SSSR count). The Hall–Kier alpha value is -2.78. The fourth-order valence-corrected chi connectivity index (χ4v) is 4.99. The second-order valence-corrected chi connectivity index (χ2v) is 9.34. The highest BCUT2D eigenvalue weighted by Crippen LogP contribution is 2.39. The topological polar surface area (TPSA) is 79.0 Å². The molecule has 7 nitrogen and oxygen atoms in total. The van der Waals surface area contributed by atoms with Crippen molar-refractivity contribution < 1.29 is 23.5 Å². The average molecular weight is 460 g/mol. The monoisotopic (exact) mass is 459 g/mol. The van der Waals surface area contributed by atoms with Gasteiger partial charge in [-0.15, -0.1) is 11.3 Å². The summed E-state index contributed by atoms with van der Waals surface area (Å²) in [5.74, 6) is -1.16. The second kappa shape index (κ2) is 8.99. The third-order valence-electron chi connectivity index (χ3n) is 5.87. The fraction of sp³-hybridized carbons (Fsp3) is 0.435. The summed E-state index contributed by atoms with van der Waals surface area (Å²) < 4.78 is 19.5. The molecule has 2 fully saturated rings. The first kappa shape index (κ1) is 22.4. The SMILES string of the molecule is CC(C)NC(=O)C1COC2(CCN(C(=O)c3cccs3)CC2)N1C(=O)c1ccc(F)cc1. The maximum atomic E-state index is 13.5. The molecule has 1 aromatic carbocycles. The zero-order valence-electron chi connectivity index (χ0n) is 18.0. The third-order valence-corrected chi connectivity index (χ3v) is 6.73. The number of carbonyl (C=O) groups excluding carboxylic acids is 3. The molecule has 32 heavy (non-hydrogen) atoms. The minimum Gasteiger partial charge on any atom is -0.353 e. The van der Waals surface area contributed by atoms with Crippen molar-refractivity contribution >= 4 is 29.1 Å². The zero-order valence-corrected chi connectivity index (χ0v) is 18.9. The van der Waals surface area contributed by atoms with Crippen LogP contribution < -0.4 is 5.32 Å². The molecule has 2 aliphatic rings. The Morgan fingerprint density at radius 1 is 1.12 bits per heavy atom. The number of likely N-dealkylation sites (tertiary alicyclic amines) is 1. The number of halogens is 1. The number of rotatable bonds is 4. The van der Waals surface area contributed by atoms with Crippen LogP contribution in [-0.4, -0.2) is 65.0 Å². The van der Waals surface area contributed by atoms with Crippen LogP contribution in [0.25, 0.3) is 0 Å². The number of piperidine rings is 1. The van der Waals surface area contributed by atoms with Gasteiger partial charge < -0.3 is 15.0 Å². The standard InChI is InChI=1S/C23H26FN3O4S/c1-15(2)25-20(28)18-14-31-23(27(18)21(29)16-5-7-17(24)8-6-16)9-11-26(12-10-23)22(30)19-4-3-13-32-19/h3-8,13,15,18H,9-12,14H2,1-2H3,(H,25,28). The summed E-state index contributed by atoms with van der Waals surface area (Å²) in [6.45, 7) is 4.59. The van der Waals surface area contributed by atoms with Crippen molar-refractivity contribution in [3.8, 4) is 0 Å². The van der Waals surface area contributed by atoms with Gasteiger partial charge in [0.05, 0.1) is 11.5 Å². The van der Waals surface area contributed by atoms with E-state index in [2.05, 4.69) is 5.32 Å². The molecule has 0 saturated carbocycles. The molecule has 1 unspecified atom stereocenters. The molecule has 170 valence electrons. The quantitative estimate of drug-likeness (QED) is 0.763. The number of amides is 3. The Kier molecular flexibility index (Phi) is 6.30. The largest absolute Gasteiger partial charge is 0.353 e. The molecular formula is C23H26FN3O4S. The molecule has 0 aliphatic carbocycles. The highest BCUT2D eigenvalue weighted by atomic mass is 32.1. The second-order valence-electron chi connectivity index (χ2n) is 8.39. The van der Waals surface area contributed by atoms with Gasteiger partial charge in [-0.1, -0.05) is 6.07 Å². The number of hydrogen-bond acceptors (Lipinski definition) is 5. The number of nitrogens with one attached hydrogen (secondary N) is 1. The lowest BCUT2D eigenvalue weighted by atomic mass is 9.96. The highest BCUT2D eigenvalue weighted by Gasteiger charge is 2.54. The van der Waals surface area contributed by atoms with Crippen molar-refractivity contribution in [3.63, 3.8) is 0 Å². The molecular weight excluding hydrogens is 433 g/mol. The Morgan fingerprint density at radius 3 is 2.41 bits per heavy atom. The first-order valence-corrected chi connectivity index (χ1v) is 11.5. The van der Waals surface area contributed by atoms with Gasteiger partial charge >= 0.3 is 0 Å². The molecule has 2 aromatic rings. The lowest BCUT2D eigenvalue weighted by molar-refractivity contribution is -0.128. The van der Waals surface area contributed by atoms with Gasteiger partial charge in [-0.25, -0.2) is 4.39 Å². The van der Waals surface area contributed by atoms with E-state index in [0.717, 1.165) is 0 Å². The van der Waals surface area contributed by atoms with E-state index in [1.54, 1.807) is 11.0 Å². The van der Waals surface area contributed by atoms with Crippen molar-refractivity contribution in [2.75, 3.05) is 19.7 Å². The van der Waals surface area contributed by atoms with E-state index in [9.17, 15) is 18.8 Å². The zero-order chi connectivity index (χ0) is 22.9. The van der Waals surface area contributed by atoms with Crippen molar-refractivity contribution in [2.45, 2.75) is 44.5 Å². The van der Waals surface area contributed by atoms with Crippen LogP contribution >= 0.6 is 11.3 Å². The highest BCUT2D eigenvalue weighted by molar-refractivity contribution is 7.12. The van der Waals surface area contributed by atoms with Crippen molar-refractivity contribution in [3.05, 3.63) is 58.0 Å². The number of hydrogen-bond donors (Lipinski definition) is 1. The molecule has 1 aromatic heterocycles. The predicted octanol–water partition coefficient (Wildman–Crippen LogP) is 2.89. The molecule has 0 radical (unpaired) electrons. The van der Waals surface area contributed by atoms with Gasteiger partial charge in [0.2, 0.25) is 5.91 Å². The molecule has 1 atom stereocenters. The van der Waals surface area contributed by atoms with E-state index in [1.807, 2.05) is 25.3 Å². The third kappa shape index (κ3) is 4.27. The van der Waals surface area contributed by atoms with Gasteiger partial charge in [-0.2, -0.15) is 0 Å². The first-order chi connectivity index (χ1) is 15.3. The summed E-state index contributed by atoms with van der Waals surface area (Å²) in [5.41, 5.74) is -0.702. The summed E-state index contributed by atoms with van der Waals surface area (Å²) in [6.07, 6.45) is 0.783. The number of ether oxygens (including phenoxy) is 1. The maximum Gasteiger partial charge on any atom is 0.263 e. The molecule has 3 amide bonds. The Morgan fingerprint density at radius 2 is 1.81 bits per heavy atom. The number of nitrogens with zero attached hydrogens (tertiary/aromatic N) is 2. The molecule has 3 heterocycles. The van der Waals surface area contributed by atoms with Gasteiger partial charge in [-0.3, -0.25) is 19.3 Å². The van der Waals surface area contributed by atoms with Crippen LogP contribution in [0.15, 0.2) is 41.8 Å². The average Bonchev–Trinajstić information content (AvgIpc) is 3.42. The van der Waals surface area contributed by atoms with Gasteiger partial charge in [0.15, 0.2) is 0 Å². The van der Waals surface area contributed by atoms with Crippen LogP contribution in [0.3, 0.4) is 0 Å². The van der Waals surface area contributed by atoms with Crippen LogP contribution in [-0.2, 0) is 9.53 Å². The van der Waals surface area contributed by atoms with Crippen LogP contribution in [0.4, 0.5) is 4.39 Å². The Labute approximate surface area is 190 Å². The van der Waals surface area contributed by atoms with Crippen molar-refractivity contribution in [1.82, 2.24) is 15.1 Å². The summed E-state index contributed by atoms with van der Waals surface area (Å²) >= 11 is 1.39. The van der Waals surface area contributed by atoms with Crippen LogP contribution in [0.2, 0.25) is 0 Å². The first-order valence-electron chi connectivity index (χ1n) is 10.7. The van der Waals surface area contributed by atoms with Crippen LogP contribution in [0, 0.1) is 5.82 Å². The van der Waals surface area contributed by atoms with Gasteiger partial charge in [-0.05, 0) is 49.6 Å². The minimum absolute atomic E-state index is 0.0432. The van der Waals surface area contributed by atoms with E-state index < -0.39 is 17.6 Å². The summed E-state index contributed by atoms with van der Waals surface area (Å²) in [6, 6.07) is 8.02. The summed E-state index contributed by atoms with van der Waals surface area (Å²) in [4.78, 5) is 43.1. The molecule has 1 N–H and O–H groups in total. The molecule has 9 heteroatoms. The van der Waals surface area contributed by atoms with Crippen molar-refractivity contribution in [1.29, 1.82) is 0 Å². The normalized spacial score (nSPS) is 20.1. The van der Waals surface area contributed by atoms with Gasteiger partial charge in [0.25, 0.3) is 11.8 Å². The number of thiophene rings is 1. The maximum absolute atomic E-state index is 13.5. The lowest BCUT2D eigenvalue weighted by Gasteiger charge is -2.44. The summed E-state index contributed by atoms with van der Waals surface area (Å²) in [7, 11) is 0. The molecule has 2 aliphatic heterocycles. The van der Waals surface area contributed by atoms with Crippen molar-refractivity contribution in [2.24, 2.45) is 0 Å². The fourth-order valence-electron chi connectivity index (χ4n) is 4.29. The molecule has 2 saturated heterocycles.